The van der Waals surface area contributed by atoms with Gasteiger partial charge >= 0.3 is 0 Å². The van der Waals surface area contributed by atoms with Crippen molar-refractivity contribution in [2.24, 2.45) is 0 Å². The van der Waals surface area contributed by atoms with Crippen molar-refractivity contribution in [3.63, 3.8) is 0 Å². The van der Waals surface area contributed by atoms with Crippen LogP contribution in [0.25, 0.3) is 0 Å². The third-order valence-electron chi connectivity index (χ3n) is 3.23. The normalized spacial score (nSPS) is 10.2. The number of aryl methyl sites for hydroxylation is 1. The van der Waals surface area contributed by atoms with E-state index in [-0.39, 0.29) is 5.78 Å². The van der Waals surface area contributed by atoms with Crippen LogP contribution in [0.5, 0.6) is 11.6 Å². The van der Waals surface area contributed by atoms with E-state index in [0.29, 0.717) is 18.7 Å². The molecule has 0 aliphatic heterocycles. The Morgan fingerprint density at radius 1 is 1.10 bits per heavy atom. The van der Waals surface area contributed by atoms with E-state index in [0.717, 1.165) is 22.4 Å². The number of carbonyl (C=O) groups is 1. The molecule has 4 nitrogen and oxygen atoms in total. The average molecular weight is 285 g/mol. The standard InChI is InChI=1S/C17H19NO3/c1-12-4-6-16(20-2)14(8-12)10-15(19)9-13-5-7-17(21-3)18-11-13/h4-8,11H,9-10H2,1-3H3. The summed E-state index contributed by atoms with van der Waals surface area (Å²) in [7, 11) is 3.18. The number of methoxy groups -OCH3 is 2. The maximum Gasteiger partial charge on any atom is 0.212 e. The maximum atomic E-state index is 12.2. The van der Waals surface area contributed by atoms with Gasteiger partial charge in [-0.15, -0.1) is 0 Å². The molecule has 2 aromatic rings. The SMILES string of the molecule is COc1ccc(CC(=O)Cc2cc(C)ccc2OC)cn1. The van der Waals surface area contributed by atoms with Gasteiger partial charge in [0.05, 0.1) is 14.2 Å². The first-order valence-electron chi connectivity index (χ1n) is 6.76. The highest BCUT2D eigenvalue weighted by Crippen LogP contribution is 2.21. The van der Waals surface area contributed by atoms with Crippen LogP contribution in [0.1, 0.15) is 16.7 Å². The van der Waals surface area contributed by atoms with Crippen LogP contribution in [0, 0.1) is 6.92 Å². The van der Waals surface area contributed by atoms with Gasteiger partial charge in [-0.25, -0.2) is 4.98 Å². The van der Waals surface area contributed by atoms with E-state index in [4.69, 9.17) is 9.47 Å². The molecule has 21 heavy (non-hydrogen) atoms. The van der Waals surface area contributed by atoms with Gasteiger partial charge in [0.15, 0.2) is 0 Å². The number of carbonyl (C=O) groups excluding carboxylic acids is 1. The van der Waals surface area contributed by atoms with Crippen molar-refractivity contribution in [2.75, 3.05) is 14.2 Å². The lowest BCUT2D eigenvalue weighted by molar-refractivity contribution is -0.117. The summed E-state index contributed by atoms with van der Waals surface area (Å²) in [5.74, 6) is 1.43. The van der Waals surface area contributed by atoms with E-state index in [9.17, 15) is 4.79 Å². The maximum absolute atomic E-state index is 12.2. The second kappa shape index (κ2) is 6.88. The minimum atomic E-state index is 0.130. The summed E-state index contributed by atoms with van der Waals surface area (Å²) in [5.41, 5.74) is 2.92. The van der Waals surface area contributed by atoms with Crippen molar-refractivity contribution in [3.8, 4) is 11.6 Å². The summed E-state index contributed by atoms with van der Waals surface area (Å²) in [6, 6.07) is 9.48. The molecular formula is C17H19NO3. The molecule has 0 aliphatic rings. The number of aromatic nitrogens is 1. The van der Waals surface area contributed by atoms with E-state index < -0.39 is 0 Å². The first-order chi connectivity index (χ1) is 10.1. The highest BCUT2D eigenvalue weighted by Gasteiger charge is 2.10. The lowest BCUT2D eigenvalue weighted by Crippen LogP contribution is -2.08. The van der Waals surface area contributed by atoms with Gasteiger partial charge in [0.2, 0.25) is 5.88 Å². The van der Waals surface area contributed by atoms with E-state index in [1.54, 1.807) is 26.5 Å². The zero-order chi connectivity index (χ0) is 15.2. The molecule has 0 amide bonds. The van der Waals surface area contributed by atoms with Crippen molar-refractivity contribution in [1.82, 2.24) is 4.98 Å². The zero-order valence-electron chi connectivity index (χ0n) is 12.6. The number of rotatable bonds is 6. The molecule has 0 unspecified atom stereocenters. The van der Waals surface area contributed by atoms with E-state index in [2.05, 4.69) is 4.98 Å². The van der Waals surface area contributed by atoms with Gasteiger partial charge in [-0.3, -0.25) is 4.79 Å². The van der Waals surface area contributed by atoms with E-state index >= 15 is 0 Å². The van der Waals surface area contributed by atoms with Crippen molar-refractivity contribution in [2.45, 2.75) is 19.8 Å². The molecule has 110 valence electrons. The highest BCUT2D eigenvalue weighted by atomic mass is 16.5. The molecule has 0 fully saturated rings. The van der Waals surface area contributed by atoms with Crippen LogP contribution in [-0.2, 0) is 17.6 Å². The van der Waals surface area contributed by atoms with Crippen molar-refractivity contribution in [1.29, 1.82) is 0 Å². The first-order valence-corrected chi connectivity index (χ1v) is 6.76. The van der Waals surface area contributed by atoms with Gasteiger partial charge in [-0.1, -0.05) is 23.8 Å². The van der Waals surface area contributed by atoms with Crippen LogP contribution in [0.4, 0.5) is 0 Å². The Morgan fingerprint density at radius 3 is 2.52 bits per heavy atom. The van der Waals surface area contributed by atoms with Crippen LogP contribution < -0.4 is 9.47 Å². The summed E-state index contributed by atoms with van der Waals surface area (Å²) < 4.78 is 10.3. The highest BCUT2D eigenvalue weighted by molar-refractivity contribution is 5.83. The smallest absolute Gasteiger partial charge is 0.212 e. The predicted molar refractivity (Wildman–Crippen MR) is 80.9 cm³/mol. The predicted octanol–water partition coefficient (Wildman–Crippen LogP) is 2.76. The Hall–Kier alpha value is -2.36. The summed E-state index contributed by atoms with van der Waals surface area (Å²) in [6.45, 7) is 2.00. The Labute approximate surface area is 124 Å². The van der Waals surface area contributed by atoms with Gasteiger partial charge in [-0.05, 0) is 18.6 Å². The second-order valence-corrected chi connectivity index (χ2v) is 4.92. The topological polar surface area (TPSA) is 48.4 Å². The summed E-state index contributed by atoms with van der Waals surface area (Å²) in [5, 5.41) is 0. The van der Waals surface area contributed by atoms with Crippen LogP contribution in [-0.4, -0.2) is 25.0 Å². The molecule has 0 saturated carbocycles. The Morgan fingerprint density at radius 2 is 1.90 bits per heavy atom. The lowest BCUT2D eigenvalue weighted by Gasteiger charge is -2.09. The second-order valence-electron chi connectivity index (χ2n) is 4.92. The number of ether oxygens (including phenoxy) is 2. The average Bonchev–Trinajstić information content (AvgIpc) is 2.48. The van der Waals surface area contributed by atoms with Gasteiger partial charge in [0, 0.05) is 30.7 Å². The van der Waals surface area contributed by atoms with E-state index in [1.165, 1.54) is 0 Å². The number of Topliss-reactive ketones (excluding diaryl/α,β-unsaturated/α-hetero) is 1. The number of hydrogen-bond acceptors (Lipinski definition) is 4. The van der Waals surface area contributed by atoms with Crippen LogP contribution in [0.15, 0.2) is 36.5 Å². The summed E-state index contributed by atoms with van der Waals surface area (Å²) >= 11 is 0. The molecular weight excluding hydrogens is 266 g/mol. The number of nitrogens with zero attached hydrogens (tertiary/aromatic N) is 1. The molecule has 1 heterocycles. The molecule has 0 radical (unpaired) electrons. The molecule has 0 saturated heterocycles. The fourth-order valence-corrected chi connectivity index (χ4v) is 2.18. The summed E-state index contributed by atoms with van der Waals surface area (Å²) in [4.78, 5) is 16.3. The monoisotopic (exact) mass is 285 g/mol. The largest absolute Gasteiger partial charge is 0.496 e. The molecule has 0 spiro atoms. The molecule has 0 N–H and O–H groups in total. The van der Waals surface area contributed by atoms with Crippen LogP contribution in [0.3, 0.4) is 0 Å². The number of pyridine rings is 1. The van der Waals surface area contributed by atoms with Gasteiger partial charge < -0.3 is 9.47 Å². The van der Waals surface area contributed by atoms with Crippen molar-refractivity contribution in [3.05, 3.63) is 53.2 Å². The van der Waals surface area contributed by atoms with Crippen LogP contribution in [0.2, 0.25) is 0 Å². The fourth-order valence-electron chi connectivity index (χ4n) is 2.18. The zero-order valence-corrected chi connectivity index (χ0v) is 12.6. The van der Waals surface area contributed by atoms with Gasteiger partial charge in [0.25, 0.3) is 0 Å². The molecule has 0 atom stereocenters. The Bertz CT molecular complexity index is 620. The molecule has 2 rings (SSSR count). The molecule has 1 aromatic heterocycles. The molecule has 1 aromatic carbocycles. The molecule has 0 aliphatic carbocycles. The van der Waals surface area contributed by atoms with Gasteiger partial charge in [-0.2, -0.15) is 0 Å². The number of hydrogen-bond donors (Lipinski definition) is 0. The third kappa shape index (κ3) is 4.05. The summed E-state index contributed by atoms with van der Waals surface area (Å²) in [6.07, 6.45) is 2.38. The Balaban J connectivity index is 2.05. The fraction of sp³-hybridized carbons (Fsp3) is 0.294. The quantitative estimate of drug-likeness (QED) is 0.819. The number of benzene rings is 1. The minimum absolute atomic E-state index is 0.130. The lowest BCUT2D eigenvalue weighted by atomic mass is 10.0. The van der Waals surface area contributed by atoms with Crippen LogP contribution >= 0.6 is 0 Å². The first kappa shape index (κ1) is 15.0. The van der Waals surface area contributed by atoms with Crippen molar-refractivity contribution < 1.29 is 14.3 Å². The third-order valence-corrected chi connectivity index (χ3v) is 3.23. The van der Waals surface area contributed by atoms with Crippen molar-refractivity contribution >= 4 is 5.78 Å². The molecule has 4 heteroatoms. The molecule has 0 bridgehead atoms. The number of ketones is 1. The van der Waals surface area contributed by atoms with E-state index in [1.807, 2.05) is 31.2 Å². The Kier molecular flexibility index (Phi) is 4.93. The minimum Gasteiger partial charge on any atom is -0.496 e. The van der Waals surface area contributed by atoms with Gasteiger partial charge in [0.1, 0.15) is 11.5 Å².